The van der Waals surface area contributed by atoms with Crippen molar-refractivity contribution < 1.29 is 28.9 Å². The third-order valence-electron chi connectivity index (χ3n) is 7.10. The number of carbonyl (C=O) groups excluding carboxylic acids is 2. The normalized spacial score (nSPS) is 16.5. The summed E-state index contributed by atoms with van der Waals surface area (Å²) in [5.41, 5.74) is 4.32. The molecule has 0 saturated carbocycles. The van der Waals surface area contributed by atoms with Crippen molar-refractivity contribution in [2.45, 2.75) is 47.6 Å². The van der Waals surface area contributed by atoms with Gasteiger partial charge < -0.3 is 19.3 Å². The summed E-state index contributed by atoms with van der Waals surface area (Å²) in [6, 6.07) is 15.3. The van der Waals surface area contributed by atoms with Gasteiger partial charge in [-0.2, -0.15) is 0 Å². The topological polar surface area (TPSA) is 85.3 Å². The number of aliphatic hydroxyl groups excluding tert-OH is 1. The Morgan fingerprint density at radius 1 is 0.925 bits per heavy atom. The maximum absolute atomic E-state index is 13.7. The number of rotatable bonds is 9. The molecular formula is C33H37NO6. The first-order valence-corrected chi connectivity index (χ1v) is 13.5. The lowest BCUT2D eigenvalue weighted by molar-refractivity contribution is -0.132. The highest BCUT2D eigenvalue weighted by molar-refractivity contribution is 6.51. The van der Waals surface area contributed by atoms with E-state index in [1.165, 1.54) is 4.90 Å². The first-order valence-electron chi connectivity index (χ1n) is 13.5. The number of carbonyl (C=O) groups is 2. The highest BCUT2D eigenvalue weighted by atomic mass is 16.5. The number of nitrogens with zero attached hydrogens (tertiary/aromatic N) is 1. The molecule has 1 heterocycles. The predicted octanol–water partition coefficient (Wildman–Crippen LogP) is 6.68. The average molecular weight is 544 g/mol. The lowest BCUT2D eigenvalue weighted by atomic mass is 9.94. The van der Waals surface area contributed by atoms with Crippen molar-refractivity contribution in [1.82, 2.24) is 0 Å². The molecule has 1 atom stereocenters. The Bertz CT molecular complexity index is 1470. The number of anilines is 1. The fraction of sp³-hybridized carbons (Fsp3) is 0.333. The van der Waals surface area contributed by atoms with E-state index in [9.17, 15) is 14.7 Å². The fourth-order valence-electron chi connectivity index (χ4n) is 4.90. The lowest BCUT2D eigenvalue weighted by Crippen LogP contribution is -2.30. The van der Waals surface area contributed by atoms with Crippen molar-refractivity contribution >= 4 is 23.1 Å². The van der Waals surface area contributed by atoms with Gasteiger partial charge in [0.15, 0.2) is 11.5 Å². The van der Waals surface area contributed by atoms with Gasteiger partial charge in [0, 0.05) is 11.3 Å². The Balaban J connectivity index is 1.92. The molecule has 0 radical (unpaired) electrons. The third-order valence-corrected chi connectivity index (χ3v) is 7.10. The number of aliphatic hydroxyl groups is 1. The highest BCUT2D eigenvalue weighted by Gasteiger charge is 2.47. The van der Waals surface area contributed by atoms with E-state index in [2.05, 4.69) is 13.8 Å². The van der Waals surface area contributed by atoms with E-state index in [0.29, 0.717) is 53.2 Å². The van der Waals surface area contributed by atoms with Gasteiger partial charge in [0.05, 0.1) is 31.9 Å². The van der Waals surface area contributed by atoms with E-state index in [0.717, 1.165) is 16.7 Å². The van der Waals surface area contributed by atoms with E-state index in [1.54, 1.807) is 43.5 Å². The van der Waals surface area contributed by atoms with Gasteiger partial charge in [0.2, 0.25) is 0 Å². The summed E-state index contributed by atoms with van der Waals surface area (Å²) in [7, 11) is 1.55. The van der Waals surface area contributed by atoms with Crippen LogP contribution in [-0.2, 0) is 9.59 Å². The lowest BCUT2D eigenvalue weighted by Gasteiger charge is -2.28. The van der Waals surface area contributed by atoms with E-state index < -0.39 is 17.7 Å². The van der Waals surface area contributed by atoms with E-state index in [4.69, 9.17) is 14.2 Å². The molecule has 1 aliphatic rings. The Morgan fingerprint density at radius 2 is 1.65 bits per heavy atom. The summed E-state index contributed by atoms with van der Waals surface area (Å²) in [5.74, 6) is 0.369. The van der Waals surface area contributed by atoms with E-state index in [1.807, 2.05) is 45.9 Å². The van der Waals surface area contributed by atoms with Crippen molar-refractivity contribution in [2.75, 3.05) is 25.2 Å². The predicted molar refractivity (Wildman–Crippen MR) is 156 cm³/mol. The number of hydrogen-bond donors (Lipinski definition) is 1. The summed E-state index contributed by atoms with van der Waals surface area (Å²) in [4.78, 5) is 28.8. The summed E-state index contributed by atoms with van der Waals surface area (Å²) in [5, 5.41) is 11.6. The van der Waals surface area contributed by atoms with Crippen molar-refractivity contribution in [2.24, 2.45) is 5.92 Å². The van der Waals surface area contributed by atoms with Gasteiger partial charge >= 0.3 is 0 Å². The van der Waals surface area contributed by atoms with Crippen LogP contribution in [0.15, 0.2) is 60.2 Å². The number of aryl methyl sites for hydroxylation is 2. The number of amides is 1. The van der Waals surface area contributed by atoms with Crippen molar-refractivity contribution in [3.63, 3.8) is 0 Å². The second kappa shape index (κ2) is 11.9. The van der Waals surface area contributed by atoms with Crippen LogP contribution in [0.2, 0.25) is 0 Å². The molecule has 1 saturated heterocycles. The molecule has 0 aliphatic carbocycles. The van der Waals surface area contributed by atoms with Gasteiger partial charge in [-0.1, -0.05) is 32.0 Å². The van der Waals surface area contributed by atoms with Gasteiger partial charge in [0.25, 0.3) is 11.7 Å². The molecule has 1 fully saturated rings. The Morgan fingerprint density at radius 3 is 2.30 bits per heavy atom. The van der Waals surface area contributed by atoms with Crippen LogP contribution in [0.1, 0.15) is 54.6 Å². The first kappa shape index (κ1) is 28.7. The summed E-state index contributed by atoms with van der Waals surface area (Å²) in [6.07, 6.45) is 0. The molecule has 7 heteroatoms. The van der Waals surface area contributed by atoms with Crippen LogP contribution in [0, 0.1) is 26.7 Å². The number of ketones is 1. The zero-order valence-electron chi connectivity index (χ0n) is 24.2. The summed E-state index contributed by atoms with van der Waals surface area (Å²) >= 11 is 0. The van der Waals surface area contributed by atoms with Crippen molar-refractivity contribution in [3.05, 3.63) is 88.0 Å². The SMILES string of the molecule is CCOc1cc(C2/C(=C(\O)c3ccc(OCC(C)C)c(C)c3)C(=O)C(=O)N2c2cccc(C)c2C)ccc1OC. The number of hydrogen-bond acceptors (Lipinski definition) is 6. The minimum Gasteiger partial charge on any atom is -0.507 e. The smallest absolute Gasteiger partial charge is 0.300 e. The van der Waals surface area contributed by atoms with Gasteiger partial charge in [-0.3, -0.25) is 14.5 Å². The van der Waals surface area contributed by atoms with Crippen molar-refractivity contribution in [1.29, 1.82) is 0 Å². The van der Waals surface area contributed by atoms with Gasteiger partial charge in [-0.05, 0) is 92.3 Å². The molecule has 3 aromatic rings. The number of benzene rings is 3. The van der Waals surface area contributed by atoms with Crippen LogP contribution < -0.4 is 19.1 Å². The molecule has 1 unspecified atom stereocenters. The number of ether oxygens (including phenoxy) is 3. The molecule has 0 spiro atoms. The molecule has 7 nitrogen and oxygen atoms in total. The molecule has 1 N–H and O–H groups in total. The quantitative estimate of drug-likeness (QED) is 0.184. The van der Waals surface area contributed by atoms with E-state index >= 15 is 0 Å². The minimum absolute atomic E-state index is 0.00812. The van der Waals surface area contributed by atoms with Crippen LogP contribution in [-0.4, -0.2) is 37.1 Å². The van der Waals surface area contributed by atoms with Crippen LogP contribution >= 0.6 is 0 Å². The molecule has 1 aliphatic heterocycles. The summed E-state index contributed by atoms with van der Waals surface area (Å²) < 4.78 is 17.2. The molecule has 4 rings (SSSR count). The second-order valence-corrected chi connectivity index (χ2v) is 10.4. The highest BCUT2D eigenvalue weighted by Crippen LogP contribution is 2.45. The average Bonchev–Trinajstić information content (AvgIpc) is 3.19. The van der Waals surface area contributed by atoms with Crippen LogP contribution in [0.25, 0.3) is 5.76 Å². The van der Waals surface area contributed by atoms with Crippen LogP contribution in [0.4, 0.5) is 5.69 Å². The zero-order chi connectivity index (χ0) is 29.1. The molecule has 0 bridgehead atoms. The third kappa shape index (κ3) is 5.41. The summed E-state index contributed by atoms with van der Waals surface area (Å²) in [6.45, 7) is 12.7. The number of Topliss-reactive ketones (excluding diaryl/α,β-unsaturated/α-hetero) is 1. The monoisotopic (exact) mass is 543 g/mol. The standard InChI is InChI=1S/C33H37NO6/c1-8-39-28-17-23(12-15-27(28)38-7)30-29(31(35)24-13-14-26(21(5)16-24)40-18-19(2)3)32(36)33(37)34(30)25-11-9-10-20(4)22(25)6/h9-17,19,30,35H,8,18H2,1-7H3/b31-29+. The van der Waals surface area contributed by atoms with Gasteiger partial charge in [-0.15, -0.1) is 0 Å². The maximum atomic E-state index is 13.7. The maximum Gasteiger partial charge on any atom is 0.300 e. The minimum atomic E-state index is -0.886. The molecule has 40 heavy (non-hydrogen) atoms. The van der Waals surface area contributed by atoms with Crippen LogP contribution in [0.3, 0.4) is 0 Å². The Kier molecular flexibility index (Phi) is 8.52. The Hall–Kier alpha value is -4.26. The zero-order valence-corrected chi connectivity index (χ0v) is 24.2. The molecule has 1 amide bonds. The second-order valence-electron chi connectivity index (χ2n) is 10.4. The van der Waals surface area contributed by atoms with Crippen molar-refractivity contribution in [3.8, 4) is 17.2 Å². The van der Waals surface area contributed by atoms with Gasteiger partial charge in [0.1, 0.15) is 11.5 Å². The number of methoxy groups -OCH3 is 1. The first-order chi connectivity index (χ1) is 19.1. The van der Waals surface area contributed by atoms with Crippen LogP contribution in [0.5, 0.6) is 17.2 Å². The largest absolute Gasteiger partial charge is 0.507 e. The molecule has 210 valence electrons. The van der Waals surface area contributed by atoms with Gasteiger partial charge in [-0.25, -0.2) is 0 Å². The Labute approximate surface area is 236 Å². The fourth-order valence-corrected chi connectivity index (χ4v) is 4.90. The van der Waals surface area contributed by atoms with E-state index in [-0.39, 0.29) is 11.3 Å². The molecular weight excluding hydrogens is 506 g/mol. The molecule has 0 aromatic heterocycles. The molecule has 3 aromatic carbocycles.